The van der Waals surface area contributed by atoms with Gasteiger partial charge in [-0.1, -0.05) is 13.8 Å². The van der Waals surface area contributed by atoms with Crippen LogP contribution in [0.3, 0.4) is 0 Å². The van der Waals surface area contributed by atoms with Crippen LogP contribution in [-0.2, 0) is 11.2 Å². The van der Waals surface area contributed by atoms with Crippen molar-refractivity contribution in [1.29, 1.82) is 0 Å². The molecule has 0 aromatic carbocycles. The molecule has 0 bridgehead atoms. The Morgan fingerprint density at radius 2 is 2.25 bits per heavy atom. The molecule has 0 radical (unpaired) electrons. The smallest absolute Gasteiger partial charge is 0.339 e. The number of rotatable bonds is 5. The SMILES string of the molecule is CCc1oc(C(=O)NCC2(C)CCOC2)cc1C(=O)O. The summed E-state index contributed by atoms with van der Waals surface area (Å²) < 4.78 is 10.6. The van der Waals surface area contributed by atoms with Crippen LogP contribution in [0.1, 0.15) is 46.9 Å². The van der Waals surface area contributed by atoms with Crippen molar-refractivity contribution < 1.29 is 23.8 Å². The number of hydrogen-bond donors (Lipinski definition) is 2. The van der Waals surface area contributed by atoms with Gasteiger partial charge in [0.15, 0.2) is 5.76 Å². The molecular formula is C14H19NO5. The van der Waals surface area contributed by atoms with Crippen LogP contribution in [0.15, 0.2) is 10.5 Å². The molecule has 1 atom stereocenters. The van der Waals surface area contributed by atoms with E-state index in [1.807, 2.05) is 6.92 Å². The monoisotopic (exact) mass is 281 g/mol. The normalized spacial score (nSPS) is 21.9. The maximum atomic E-state index is 12.0. The van der Waals surface area contributed by atoms with Crippen LogP contribution in [0.4, 0.5) is 0 Å². The van der Waals surface area contributed by atoms with Gasteiger partial charge in [0, 0.05) is 31.1 Å². The molecule has 1 aromatic heterocycles. The first kappa shape index (κ1) is 14.6. The molecule has 0 aliphatic carbocycles. The van der Waals surface area contributed by atoms with E-state index in [1.165, 1.54) is 6.07 Å². The van der Waals surface area contributed by atoms with Crippen molar-refractivity contribution in [3.05, 3.63) is 23.2 Å². The highest BCUT2D eigenvalue weighted by atomic mass is 16.5. The molecule has 1 aliphatic rings. The Morgan fingerprint density at radius 1 is 1.50 bits per heavy atom. The van der Waals surface area contributed by atoms with Gasteiger partial charge in [-0.2, -0.15) is 0 Å². The van der Waals surface area contributed by atoms with E-state index in [0.29, 0.717) is 31.9 Å². The highest BCUT2D eigenvalue weighted by molar-refractivity contribution is 5.96. The van der Waals surface area contributed by atoms with E-state index in [4.69, 9.17) is 14.3 Å². The zero-order valence-corrected chi connectivity index (χ0v) is 11.7. The number of carbonyl (C=O) groups excluding carboxylic acids is 1. The van der Waals surface area contributed by atoms with Crippen LogP contribution in [-0.4, -0.2) is 36.7 Å². The first-order valence-corrected chi connectivity index (χ1v) is 6.67. The number of aromatic carboxylic acids is 1. The summed E-state index contributed by atoms with van der Waals surface area (Å²) in [6, 6.07) is 1.28. The molecule has 20 heavy (non-hydrogen) atoms. The van der Waals surface area contributed by atoms with Crippen LogP contribution in [0.2, 0.25) is 0 Å². The molecule has 1 aromatic rings. The minimum atomic E-state index is -1.08. The summed E-state index contributed by atoms with van der Waals surface area (Å²) in [5.74, 6) is -1.11. The van der Waals surface area contributed by atoms with Crippen LogP contribution < -0.4 is 5.32 Å². The second kappa shape index (κ2) is 5.66. The third-order valence-corrected chi connectivity index (χ3v) is 3.56. The molecule has 1 fully saturated rings. The fraction of sp³-hybridized carbons (Fsp3) is 0.571. The Labute approximate surface area is 117 Å². The Kier molecular flexibility index (Phi) is 4.13. The highest BCUT2D eigenvalue weighted by Crippen LogP contribution is 2.26. The van der Waals surface area contributed by atoms with Crippen molar-refractivity contribution >= 4 is 11.9 Å². The van der Waals surface area contributed by atoms with Crippen molar-refractivity contribution in [2.45, 2.75) is 26.7 Å². The molecule has 1 aliphatic heterocycles. The fourth-order valence-corrected chi connectivity index (χ4v) is 2.21. The average molecular weight is 281 g/mol. The maximum absolute atomic E-state index is 12.0. The topological polar surface area (TPSA) is 88.8 Å². The number of ether oxygens (including phenoxy) is 1. The number of amides is 1. The summed E-state index contributed by atoms with van der Waals surface area (Å²) in [6.07, 6.45) is 1.33. The van der Waals surface area contributed by atoms with Crippen LogP contribution in [0.25, 0.3) is 0 Å². The van der Waals surface area contributed by atoms with Gasteiger partial charge >= 0.3 is 5.97 Å². The third kappa shape index (κ3) is 3.01. The number of carbonyl (C=O) groups is 2. The van der Waals surface area contributed by atoms with Crippen LogP contribution in [0.5, 0.6) is 0 Å². The summed E-state index contributed by atoms with van der Waals surface area (Å²) in [7, 11) is 0. The number of nitrogens with one attached hydrogen (secondary N) is 1. The Morgan fingerprint density at radius 3 is 2.75 bits per heavy atom. The van der Waals surface area contributed by atoms with Crippen molar-refractivity contribution in [1.82, 2.24) is 5.32 Å². The summed E-state index contributed by atoms with van der Waals surface area (Å²) in [5, 5.41) is 11.8. The highest BCUT2D eigenvalue weighted by Gasteiger charge is 2.30. The lowest BCUT2D eigenvalue weighted by Crippen LogP contribution is -2.35. The van der Waals surface area contributed by atoms with Gasteiger partial charge in [0.2, 0.25) is 0 Å². The zero-order chi connectivity index (χ0) is 14.8. The van der Waals surface area contributed by atoms with Crippen molar-refractivity contribution in [3.8, 4) is 0 Å². The largest absolute Gasteiger partial charge is 0.478 e. The van der Waals surface area contributed by atoms with E-state index in [2.05, 4.69) is 5.32 Å². The van der Waals surface area contributed by atoms with Crippen molar-refractivity contribution in [2.75, 3.05) is 19.8 Å². The first-order valence-electron chi connectivity index (χ1n) is 6.67. The molecule has 6 nitrogen and oxygen atoms in total. The molecule has 0 saturated carbocycles. The molecular weight excluding hydrogens is 262 g/mol. The molecule has 1 amide bonds. The predicted octanol–water partition coefficient (Wildman–Crippen LogP) is 1.70. The van der Waals surface area contributed by atoms with E-state index >= 15 is 0 Å². The van der Waals surface area contributed by atoms with Gasteiger partial charge in [-0.05, 0) is 6.42 Å². The van der Waals surface area contributed by atoms with Crippen molar-refractivity contribution in [3.63, 3.8) is 0 Å². The van der Waals surface area contributed by atoms with Gasteiger partial charge in [-0.15, -0.1) is 0 Å². The van der Waals surface area contributed by atoms with Gasteiger partial charge in [-0.3, -0.25) is 4.79 Å². The van der Waals surface area contributed by atoms with E-state index in [-0.39, 0.29) is 22.6 Å². The number of hydrogen-bond acceptors (Lipinski definition) is 4. The van der Waals surface area contributed by atoms with Gasteiger partial charge in [0.05, 0.1) is 6.61 Å². The minimum absolute atomic E-state index is 0.0433. The van der Waals surface area contributed by atoms with E-state index in [9.17, 15) is 9.59 Å². The molecule has 2 N–H and O–H groups in total. The molecule has 110 valence electrons. The molecule has 6 heteroatoms. The lowest BCUT2D eigenvalue weighted by Gasteiger charge is -2.21. The maximum Gasteiger partial charge on any atom is 0.339 e. The van der Waals surface area contributed by atoms with E-state index in [0.717, 1.165) is 6.42 Å². The summed E-state index contributed by atoms with van der Waals surface area (Å²) >= 11 is 0. The van der Waals surface area contributed by atoms with Gasteiger partial charge in [0.1, 0.15) is 11.3 Å². The van der Waals surface area contributed by atoms with Crippen molar-refractivity contribution in [2.24, 2.45) is 5.41 Å². The molecule has 2 rings (SSSR count). The Hall–Kier alpha value is -1.82. The first-order chi connectivity index (χ1) is 9.45. The quantitative estimate of drug-likeness (QED) is 0.857. The lowest BCUT2D eigenvalue weighted by atomic mass is 9.90. The second-order valence-electron chi connectivity index (χ2n) is 5.40. The number of aryl methyl sites for hydroxylation is 1. The molecule has 1 unspecified atom stereocenters. The summed E-state index contributed by atoms with van der Waals surface area (Å²) in [5.41, 5.74) is -0.0149. The van der Waals surface area contributed by atoms with E-state index < -0.39 is 5.97 Å². The summed E-state index contributed by atoms with van der Waals surface area (Å²) in [4.78, 5) is 23.0. The summed E-state index contributed by atoms with van der Waals surface area (Å²) in [6.45, 7) is 5.63. The second-order valence-corrected chi connectivity index (χ2v) is 5.40. The van der Waals surface area contributed by atoms with Gasteiger partial charge in [-0.25, -0.2) is 4.79 Å². The molecule has 0 spiro atoms. The Bertz CT molecular complexity index is 514. The van der Waals surface area contributed by atoms with Gasteiger partial charge < -0.3 is 19.6 Å². The number of furan rings is 1. The lowest BCUT2D eigenvalue weighted by molar-refractivity contribution is 0.0694. The number of carboxylic acids is 1. The number of carboxylic acid groups (broad SMARTS) is 1. The van der Waals surface area contributed by atoms with Crippen LogP contribution in [0, 0.1) is 5.41 Å². The van der Waals surface area contributed by atoms with Crippen LogP contribution >= 0.6 is 0 Å². The molecule has 1 saturated heterocycles. The standard InChI is InChI=1S/C14H19NO5/c1-3-10-9(13(17)18)6-11(20-10)12(16)15-7-14(2)4-5-19-8-14/h6H,3-5,7-8H2,1-2H3,(H,15,16)(H,17,18). The molecule has 2 heterocycles. The van der Waals surface area contributed by atoms with Gasteiger partial charge in [0.25, 0.3) is 5.91 Å². The minimum Gasteiger partial charge on any atom is -0.478 e. The zero-order valence-electron chi connectivity index (χ0n) is 11.7. The fourth-order valence-electron chi connectivity index (χ4n) is 2.21. The average Bonchev–Trinajstić information content (AvgIpc) is 3.02. The van der Waals surface area contributed by atoms with E-state index in [1.54, 1.807) is 6.92 Å². The Balaban J connectivity index is 2.04. The third-order valence-electron chi connectivity index (χ3n) is 3.56. The predicted molar refractivity (Wildman–Crippen MR) is 70.9 cm³/mol.